The predicted molar refractivity (Wildman–Crippen MR) is 49.3 cm³/mol. The lowest BCUT2D eigenvalue weighted by molar-refractivity contribution is 0.628. The lowest BCUT2D eigenvalue weighted by Gasteiger charge is -2.11. The van der Waals surface area contributed by atoms with Gasteiger partial charge >= 0.3 is 0 Å². The molecule has 0 amide bonds. The quantitative estimate of drug-likeness (QED) is 0.656. The summed E-state index contributed by atoms with van der Waals surface area (Å²) in [5, 5.41) is 0. The van der Waals surface area contributed by atoms with E-state index in [1.54, 1.807) is 0 Å². The molecule has 0 spiro atoms. The Hall–Kier alpha value is -0.560. The van der Waals surface area contributed by atoms with E-state index in [0.29, 0.717) is 6.04 Å². The molecule has 0 heterocycles. The second-order valence-corrected chi connectivity index (χ2v) is 3.12. The summed E-state index contributed by atoms with van der Waals surface area (Å²) >= 11 is 0. The molecule has 0 radical (unpaired) electrons. The van der Waals surface area contributed by atoms with Crippen molar-refractivity contribution in [3.8, 4) is 0 Å². The van der Waals surface area contributed by atoms with E-state index in [1.165, 1.54) is 18.4 Å². The molecule has 1 nitrogen and oxygen atoms in total. The van der Waals surface area contributed by atoms with Crippen LogP contribution in [0.4, 0.5) is 0 Å². The van der Waals surface area contributed by atoms with Gasteiger partial charge in [-0.2, -0.15) is 0 Å². The van der Waals surface area contributed by atoms with Gasteiger partial charge in [-0.3, -0.25) is 0 Å². The normalized spacial score (nSPS) is 18.5. The first kappa shape index (κ1) is 8.54. The summed E-state index contributed by atoms with van der Waals surface area (Å²) in [7, 11) is 0. The van der Waals surface area contributed by atoms with Crippen molar-refractivity contribution in [2.75, 3.05) is 0 Å². The third-order valence-electron chi connectivity index (χ3n) is 2.14. The highest BCUT2D eigenvalue weighted by atomic mass is 14.6. The van der Waals surface area contributed by atoms with Crippen molar-refractivity contribution in [2.24, 2.45) is 5.73 Å². The van der Waals surface area contributed by atoms with Gasteiger partial charge < -0.3 is 5.73 Å². The molecule has 0 bridgehead atoms. The third-order valence-corrected chi connectivity index (χ3v) is 2.14. The number of hydrogen-bond donors (Lipinski definition) is 1. The van der Waals surface area contributed by atoms with Gasteiger partial charge in [0.2, 0.25) is 0 Å². The molecule has 0 saturated carbocycles. The van der Waals surface area contributed by atoms with Gasteiger partial charge in [-0.15, -0.1) is 0 Å². The van der Waals surface area contributed by atoms with Crippen LogP contribution in [0.15, 0.2) is 23.8 Å². The predicted octanol–water partition coefficient (Wildman–Crippen LogP) is 2.39. The van der Waals surface area contributed by atoms with E-state index in [2.05, 4.69) is 25.2 Å². The number of nitrogens with two attached hydrogens (primary N) is 1. The van der Waals surface area contributed by atoms with Crippen LogP contribution in [0.25, 0.3) is 0 Å². The molecule has 2 N–H and O–H groups in total. The molecule has 0 aromatic rings. The molecule has 1 aliphatic rings. The summed E-state index contributed by atoms with van der Waals surface area (Å²) in [4.78, 5) is 0. The first-order valence-corrected chi connectivity index (χ1v) is 4.45. The minimum absolute atomic E-state index is 0.310. The molecule has 0 unspecified atom stereocenters. The van der Waals surface area contributed by atoms with Gasteiger partial charge in [-0.05, 0) is 18.4 Å². The molecule has 0 aromatic heterocycles. The maximum atomic E-state index is 5.96. The summed E-state index contributed by atoms with van der Waals surface area (Å²) in [5.41, 5.74) is 7.36. The smallest absolute Gasteiger partial charge is 0.0259 e. The van der Waals surface area contributed by atoms with Crippen molar-refractivity contribution in [2.45, 2.75) is 38.6 Å². The van der Waals surface area contributed by atoms with Crippen LogP contribution in [-0.2, 0) is 0 Å². The highest BCUT2D eigenvalue weighted by Gasteiger charge is 2.08. The fourth-order valence-corrected chi connectivity index (χ4v) is 1.35. The number of unbranched alkanes of at least 4 members (excludes halogenated alkanes) is 1. The van der Waals surface area contributed by atoms with Crippen LogP contribution in [0.3, 0.4) is 0 Å². The monoisotopic (exact) mass is 151 g/mol. The van der Waals surface area contributed by atoms with Crippen molar-refractivity contribution < 1.29 is 0 Å². The summed E-state index contributed by atoms with van der Waals surface area (Å²) in [6, 6.07) is 0.310. The lowest BCUT2D eigenvalue weighted by Crippen LogP contribution is -2.21. The zero-order valence-corrected chi connectivity index (χ0v) is 7.22. The summed E-state index contributed by atoms with van der Waals surface area (Å²) < 4.78 is 0. The molecule has 62 valence electrons. The van der Waals surface area contributed by atoms with Gasteiger partial charge in [0, 0.05) is 6.04 Å². The van der Waals surface area contributed by atoms with Crippen LogP contribution in [-0.4, -0.2) is 6.04 Å². The maximum absolute atomic E-state index is 5.96. The number of allylic oxidation sites excluding steroid dienone is 3. The molecular formula is C10H17N. The average molecular weight is 151 g/mol. The highest BCUT2D eigenvalue weighted by molar-refractivity contribution is 5.26. The Kier molecular flexibility index (Phi) is 3.37. The van der Waals surface area contributed by atoms with Crippen LogP contribution in [0.1, 0.15) is 32.6 Å². The van der Waals surface area contributed by atoms with Crippen molar-refractivity contribution in [3.63, 3.8) is 0 Å². The van der Waals surface area contributed by atoms with E-state index in [9.17, 15) is 0 Å². The van der Waals surface area contributed by atoms with E-state index >= 15 is 0 Å². The Morgan fingerprint density at radius 2 is 2.45 bits per heavy atom. The number of rotatable bonds is 4. The molecule has 0 aliphatic heterocycles. The summed E-state index contributed by atoms with van der Waals surface area (Å²) in [5.74, 6) is 0. The van der Waals surface area contributed by atoms with E-state index in [4.69, 9.17) is 5.73 Å². The molecular weight excluding hydrogens is 134 g/mol. The third kappa shape index (κ3) is 2.51. The largest absolute Gasteiger partial charge is 0.324 e. The zero-order valence-electron chi connectivity index (χ0n) is 7.22. The van der Waals surface area contributed by atoms with Gasteiger partial charge in [-0.25, -0.2) is 0 Å². The molecule has 1 heteroatoms. The minimum atomic E-state index is 0.310. The van der Waals surface area contributed by atoms with E-state index < -0.39 is 0 Å². The van der Waals surface area contributed by atoms with Crippen LogP contribution >= 0.6 is 0 Å². The number of hydrogen-bond acceptors (Lipinski definition) is 1. The zero-order chi connectivity index (χ0) is 8.10. The van der Waals surface area contributed by atoms with Gasteiger partial charge in [-0.1, -0.05) is 38.0 Å². The maximum Gasteiger partial charge on any atom is 0.0259 e. The first-order chi connectivity index (χ1) is 5.34. The van der Waals surface area contributed by atoms with Gasteiger partial charge in [0.05, 0.1) is 0 Å². The van der Waals surface area contributed by atoms with Crippen molar-refractivity contribution in [3.05, 3.63) is 23.8 Å². The second-order valence-electron chi connectivity index (χ2n) is 3.12. The minimum Gasteiger partial charge on any atom is -0.324 e. The topological polar surface area (TPSA) is 26.0 Å². The Bertz CT molecular complexity index is 168. The van der Waals surface area contributed by atoms with Gasteiger partial charge in [0.15, 0.2) is 0 Å². The van der Waals surface area contributed by atoms with Crippen LogP contribution in [0.5, 0.6) is 0 Å². The Labute approximate surface area is 69.0 Å². The van der Waals surface area contributed by atoms with Crippen molar-refractivity contribution >= 4 is 0 Å². The molecule has 0 aromatic carbocycles. The lowest BCUT2D eigenvalue weighted by atomic mass is 10.0. The van der Waals surface area contributed by atoms with Crippen molar-refractivity contribution in [1.82, 2.24) is 0 Å². The molecule has 0 saturated heterocycles. The fraction of sp³-hybridized carbons (Fsp3) is 0.600. The first-order valence-electron chi connectivity index (χ1n) is 4.45. The molecule has 1 aliphatic carbocycles. The van der Waals surface area contributed by atoms with Crippen molar-refractivity contribution in [1.29, 1.82) is 0 Å². The van der Waals surface area contributed by atoms with Crippen LogP contribution in [0.2, 0.25) is 0 Å². The molecule has 11 heavy (non-hydrogen) atoms. The fourth-order valence-electron chi connectivity index (χ4n) is 1.35. The van der Waals surface area contributed by atoms with E-state index in [1.807, 2.05) is 0 Å². The molecule has 0 fully saturated rings. The van der Waals surface area contributed by atoms with Crippen LogP contribution in [0, 0.1) is 0 Å². The second kappa shape index (κ2) is 4.35. The van der Waals surface area contributed by atoms with E-state index in [0.717, 1.165) is 12.8 Å². The Balaban J connectivity index is 2.24. The average Bonchev–Trinajstić information content (AvgIpc) is 2.52. The Morgan fingerprint density at radius 3 is 3.00 bits per heavy atom. The SMILES string of the molecule is CCCC[C@H](N)C1=CC=CC1. The van der Waals surface area contributed by atoms with Gasteiger partial charge in [0.1, 0.15) is 0 Å². The Morgan fingerprint density at radius 1 is 1.64 bits per heavy atom. The summed E-state index contributed by atoms with van der Waals surface area (Å²) in [6.07, 6.45) is 11.1. The molecule has 1 rings (SSSR count). The standard InChI is InChI=1S/C10H17N/c1-2-3-8-10(11)9-6-4-5-7-9/h4-6,10H,2-3,7-8,11H2,1H3/t10-/m0/s1. The summed E-state index contributed by atoms with van der Waals surface area (Å²) in [6.45, 7) is 2.20. The molecule has 1 atom stereocenters. The highest BCUT2D eigenvalue weighted by Crippen LogP contribution is 2.16. The van der Waals surface area contributed by atoms with E-state index in [-0.39, 0.29) is 0 Å². The van der Waals surface area contributed by atoms with Crippen LogP contribution < -0.4 is 5.73 Å². The van der Waals surface area contributed by atoms with Gasteiger partial charge in [0.25, 0.3) is 0 Å².